The van der Waals surface area contributed by atoms with E-state index in [1.807, 2.05) is 20.8 Å². The molecule has 0 aliphatic carbocycles. The Morgan fingerprint density at radius 3 is 2.42 bits per heavy atom. The van der Waals surface area contributed by atoms with Crippen molar-refractivity contribution in [1.29, 1.82) is 0 Å². The highest BCUT2D eigenvalue weighted by Gasteiger charge is 2.17. The number of benzene rings is 1. The number of aromatic hydroxyl groups is 1. The average Bonchev–Trinajstić information content (AvgIpc) is 2.56. The molecule has 0 radical (unpaired) electrons. The number of ether oxygens (including phenoxy) is 3. The molecule has 0 aliphatic heterocycles. The molecule has 0 bridgehead atoms. The summed E-state index contributed by atoms with van der Waals surface area (Å²) in [5, 5.41) is 9.88. The zero-order valence-electron chi connectivity index (χ0n) is 15.9. The van der Waals surface area contributed by atoms with Crippen LogP contribution in [-0.4, -0.2) is 36.4 Å². The molecule has 26 heavy (non-hydrogen) atoms. The Balaban J connectivity index is 2.42. The lowest BCUT2D eigenvalue weighted by Gasteiger charge is -2.19. The third kappa shape index (κ3) is 8.05. The maximum atomic E-state index is 11.9. The molecular weight excluding hydrogens is 336 g/mol. The molecule has 6 heteroatoms. The van der Waals surface area contributed by atoms with Gasteiger partial charge in [0.15, 0.2) is 0 Å². The smallest absolute Gasteiger partial charge is 0.341 e. The van der Waals surface area contributed by atoms with E-state index in [1.165, 1.54) is 19.4 Å². The molecule has 0 saturated heterocycles. The van der Waals surface area contributed by atoms with E-state index < -0.39 is 11.6 Å². The first-order chi connectivity index (χ1) is 12.2. The average molecular weight is 364 g/mol. The van der Waals surface area contributed by atoms with Gasteiger partial charge in [-0.15, -0.1) is 0 Å². The van der Waals surface area contributed by atoms with Gasteiger partial charge < -0.3 is 19.3 Å². The van der Waals surface area contributed by atoms with E-state index in [1.54, 1.807) is 18.2 Å². The molecule has 6 nitrogen and oxygen atoms in total. The standard InChI is InChI=1S/C20H28O6/c1-20(2,3)26-18(22)12-6-5-9-13-25-14-16(19(23)24-4)15-10-7-8-11-17(15)21/h7-8,10-11,14,21H,5-6,9,12-13H2,1-4H3/b16-14+. The highest BCUT2D eigenvalue weighted by molar-refractivity contribution is 6.16. The van der Waals surface area contributed by atoms with Crippen molar-refractivity contribution >= 4 is 17.5 Å². The quantitative estimate of drug-likeness (QED) is 0.310. The third-order valence-corrected chi connectivity index (χ3v) is 3.36. The van der Waals surface area contributed by atoms with Gasteiger partial charge in [-0.2, -0.15) is 0 Å². The molecular formula is C20H28O6. The summed E-state index contributed by atoms with van der Waals surface area (Å²) in [5.41, 5.74) is 0.0433. The molecule has 144 valence electrons. The number of para-hydroxylation sites is 1. The Labute approximate surface area is 154 Å². The van der Waals surface area contributed by atoms with Crippen LogP contribution in [0.1, 0.15) is 52.0 Å². The summed E-state index contributed by atoms with van der Waals surface area (Å²) in [6.45, 7) is 5.92. The summed E-state index contributed by atoms with van der Waals surface area (Å²) >= 11 is 0. The largest absolute Gasteiger partial charge is 0.507 e. The number of phenols is 1. The molecule has 0 fully saturated rings. The van der Waals surface area contributed by atoms with Crippen molar-refractivity contribution in [2.75, 3.05) is 13.7 Å². The minimum atomic E-state index is -0.587. The molecule has 1 aromatic rings. The number of esters is 2. The fraction of sp³-hybridized carbons (Fsp3) is 0.500. The van der Waals surface area contributed by atoms with Crippen LogP contribution in [0.5, 0.6) is 5.75 Å². The van der Waals surface area contributed by atoms with Gasteiger partial charge >= 0.3 is 11.9 Å². The Hall–Kier alpha value is -2.50. The molecule has 0 amide bonds. The predicted molar refractivity (Wildman–Crippen MR) is 98.4 cm³/mol. The fourth-order valence-corrected chi connectivity index (χ4v) is 2.20. The number of unbranched alkanes of at least 4 members (excludes halogenated alkanes) is 2. The van der Waals surface area contributed by atoms with Crippen LogP contribution in [0.2, 0.25) is 0 Å². The molecule has 0 atom stereocenters. The van der Waals surface area contributed by atoms with Gasteiger partial charge in [-0.05, 0) is 46.1 Å². The van der Waals surface area contributed by atoms with Crippen LogP contribution < -0.4 is 0 Å². The fourth-order valence-electron chi connectivity index (χ4n) is 2.20. The number of hydrogen-bond donors (Lipinski definition) is 1. The van der Waals surface area contributed by atoms with E-state index in [-0.39, 0.29) is 17.3 Å². The number of phenolic OH excluding ortho intramolecular Hbond substituents is 1. The molecule has 0 unspecified atom stereocenters. The first-order valence-electron chi connectivity index (χ1n) is 8.65. The topological polar surface area (TPSA) is 82.1 Å². The van der Waals surface area contributed by atoms with Gasteiger partial charge in [0.2, 0.25) is 0 Å². The van der Waals surface area contributed by atoms with E-state index in [4.69, 9.17) is 14.2 Å². The molecule has 1 rings (SSSR count). The Bertz CT molecular complexity index is 627. The number of methoxy groups -OCH3 is 1. The summed E-state index contributed by atoms with van der Waals surface area (Å²) in [7, 11) is 1.27. The van der Waals surface area contributed by atoms with E-state index in [2.05, 4.69) is 0 Å². The third-order valence-electron chi connectivity index (χ3n) is 3.36. The summed E-state index contributed by atoms with van der Waals surface area (Å²) in [4.78, 5) is 23.5. The number of carbonyl (C=O) groups excluding carboxylic acids is 2. The number of rotatable bonds is 9. The lowest BCUT2D eigenvalue weighted by molar-refractivity contribution is -0.155. The van der Waals surface area contributed by atoms with Crippen molar-refractivity contribution in [3.63, 3.8) is 0 Å². The minimum Gasteiger partial charge on any atom is -0.507 e. The van der Waals surface area contributed by atoms with Crippen molar-refractivity contribution in [2.45, 2.75) is 52.1 Å². The van der Waals surface area contributed by atoms with Crippen LogP contribution in [0.3, 0.4) is 0 Å². The predicted octanol–water partition coefficient (Wildman–Crippen LogP) is 3.82. The summed E-state index contributed by atoms with van der Waals surface area (Å²) < 4.78 is 15.4. The van der Waals surface area contributed by atoms with Crippen molar-refractivity contribution in [3.05, 3.63) is 36.1 Å². The maximum Gasteiger partial charge on any atom is 0.341 e. The van der Waals surface area contributed by atoms with E-state index in [9.17, 15) is 14.7 Å². The van der Waals surface area contributed by atoms with Crippen LogP contribution in [0.15, 0.2) is 30.5 Å². The lowest BCUT2D eigenvalue weighted by Crippen LogP contribution is -2.23. The van der Waals surface area contributed by atoms with Gasteiger partial charge in [-0.1, -0.05) is 18.2 Å². The molecule has 0 saturated carbocycles. The Morgan fingerprint density at radius 2 is 1.81 bits per heavy atom. The van der Waals surface area contributed by atoms with Gasteiger partial charge in [0, 0.05) is 12.0 Å². The van der Waals surface area contributed by atoms with Crippen LogP contribution in [0.4, 0.5) is 0 Å². The summed E-state index contributed by atoms with van der Waals surface area (Å²) in [5.74, 6) is -0.813. The van der Waals surface area contributed by atoms with Crippen LogP contribution >= 0.6 is 0 Å². The van der Waals surface area contributed by atoms with Gasteiger partial charge in [0.25, 0.3) is 0 Å². The van der Waals surface area contributed by atoms with Gasteiger partial charge in [0.05, 0.1) is 20.0 Å². The molecule has 0 heterocycles. The van der Waals surface area contributed by atoms with Crippen molar-refractivity contribution in [1.82, 2.24) is 0 Å². The van der Waals surface area contributed by atoms with Crippen LogP contribution in [0, 0.1) is 0 Å². The lowest BCUT2D eigenvalue weighted by atomic mass is 10.1. The summed E-state index contributed by atoms with van der Waals surface area (Å²) in [6.07, 6.45) is 3.92. The normalized spacial score (nSPS) is 11.8. The number of hydrogen-bond acceptors (Lipinski definition) is 6. The van der Waals surface area contributed by atoms with E-state index in [0.29, 0.717) is 25.0 Å². The highest BCUT2D eigenvalue weighted by Crippen LogP contribution is 2.25. The molecule has 0 aromatic heterocycles. The number of carbonyl (C=O) groups is 2. The van der Waals surface area contributed by atoms with Crippen molar-refractivity contribution in [2.24, 2.45) is 0 Å². The first kappa shape index (κ1) is 21.5. The minimum absolute atomic E-state index is 0.0230. The molecule has 0 spiro atoms. The Morgan fingerprint density at radius 1 is 1.12 bits per heavy atom. The monoisotopic (exact) mass is 364 g/mol. The summed E-state index contributed by atoms with van der Waals surface area (Å²) in [6, 6.07) is 6.48. The van der Waals surface area contributed by atoms with E-state index in [0.717, 1.165) is 12.8 Å². The molecule has 0 aliphatic rings. The van der Waals surface area contributed by atoms with Crippen molar-refractivity contribution < 1.29 is 28.9 Å². The first-order valence-corrected chi connectivity index (χ1v) is 8.65. The Kier molecular flexibility index (Phi) is 8.68. The SMILES string of the molecule is COC(=O)/C(=C/OCCCCCC(=O)OC(C)(C)C)c1ccccc1O. The second kappa shape index (κ2) is 10.5. The van der Waals surface area contributed by atoms with Crippen molar-refractivity contribution in [3.8, 4) is 5.75 Å². The zero-order chi connectivity index (χ0) is 19.6. The zero-order valence-corrected chi connectivity index (χ0v) is 15.9. The van der Waals surface area contributed by atoms with Gasteiger partial charge in [-0.25, -0.2) is 4.79 Å². The van der Waals surface area contributed by atoms with Gasteiger partial charge in [0.1, 0.15) is 16.9 Å². The maximum absolute atomic E-state index is 11.9. The van der Waals surface area contributed by atoms with E-state index >= 15 is 0 Å². The van der Waals surface area contributed by atoms with Crippen LogP contribution in [0.25, 0.3) is 5.57 Å². The second-order valence-electron chi connectivity index (χ2n) is 6.81. The molecule has 1 N–H and O–H groups in total. The molecule has 1 aromatic carbocycles. The highest BCUT2D eigenvalue weighted by atomic mass is 16.6. The second-order valence-corrected chi connectivity index (χ2v) is 6.81. The van der Waals surface area contributed by atoms with Crippen LogP contribution in [-0.2, 0) is 23.8 Å². The van der Waals surface area contributed by atoms with Gasteiger partial charge in [-0.3, -0.25) is 4.79 Å².